The lowest BCUT2D eigenvalue weighted by molar-refractivity contribution is 0.294. The Kier molecular flexibility index (Phi) is 5.30. The van der Waals surface area contributed by atoms with Gasteiger partial charge in [-0.2, -0.15) is 4.98 Å². The van der Waals surface area contributed by atoms with E-state index in [1.165, 1.54) is 6.33 Å². The Bertz CT molecular complexity index is 734. The van der Waals surface area contributed by atoms with Gasteiger partial charge >= 0.3 is 0 Å². The van der Waals surface area contributed by atoms with Crippen molar-refractivity contribution in [1.29, 1.82) is 0 Å². The highest BCUT2D eigenvalue weighted by Crippen LogP contribution is 2.32. The molecule has 0 unspecified atom stereocenters. The molecule has 0 atom stereocenters. The summed E-state index contributed by atoms with van der Waals surface area (Å²) in [7, 11) is -3.46. The van der Waals surface area contributed by atoms with Crippen LogP contribution in [0.3, 0.4) is 0 Å². The number of sulfonamides is 1. The summed E-state index contributed by atoms with van der Waals surface area (Å²) < 4.78 is 33.0. The lowest BCUT2D eigenvalue weighted by Crippen LogP contribution is -2.37. The van der Waals surface area contributed by atoms with E-state index >= 15 is 0 Å². The van der Waals surface area contributed by atoms with Crippen LogP contribution in [0.25, 0.3) is 0 Å². The summed E-state index contributed by atoms with van der Waals surface area (Å²) in [6.07, 6.45) is 6.68. The quantitative estimate of drug-likeness (QED) is 0.866. The molecule has 1 aromatic carbocycles. The minimum atomic E-state index is -3.46. The number of rotatable bonds is 6. The molecule has 1 aromatic heterocycles. The molecule has 0 bridgehead atoms. The van der Waals surface area contributed by atoms with E-state index in [1.807, 2.05) is 12.1 Å². The molecule has 1 saturated carbocycles. The van der Waals surface area contributed by atoms with Crippen molar-refractivity contribution in [3.8, 4) is 0 Å². The van der Waals surface area contributed by atoms with Gasteiger partial charge in [0.05, 0.1) is 4.90 Å². The number of hydrogen-bond donors (Lipinski definition) is 1. The molecule has 1 heterocycles. The largest absolute Gasteiger partial charge is 0.339 e. The molecular formula is C17H23N3O3S. The van der Waals surface area contributed by atoms with Gasteiger partial charge in [-0.3, -0.25) is 0 Å². The molecule has 1 N–H and O–H groups in total. The van der Waals surface area contributed by atoms with Gasteiger partial charge < -0.3 is 4.52 Å². The Morgan fingerprint density at radius 1 is 1.17 bits per heavy atom. The van der Waals surface area contributed by atoms with Crippen molar-refractivity contribution in [2.75, 3.05) is 0 Å². The first-order chi connectivity index (χ1) is 11.6. The van der Waals surface area contributed by atoms with Crippen molar-refractivity contribution in [3.05, 3.63) is 42.0 Å². The minimum absolute atomic E-state index is 0.0375. The third kappa shape index (κ3) is 4.02. The molecular weight excluding hydrogens is 326 g/mol. The van der Waals surface area contributed by atoms with Crippen LogP contribution in [-0.4, -0.2) is 24.6 Å². The summed E-state index contributed by atoms with van der Waals surface area (Å²) in [4.78, 5) is 4.43. The number of nitrogens with one attached hydrogen (secondary N) is 1. The Morgan fingerprint density at radius 3 is 2.46 bits per heavy atom. The van der Waals surface area contributed by atoms with E-state index in [1.54, 1.807) is 12.1 Å². The summed E-state index contributed by atoms with van der Waals surface area (Å²) in [5.74, 6) is 0.893. The summed E-state index contributed by atoms with van der Waals surface area (Å²) in [6.45, 7) is 2.11. The number of aryl methyl sites for hydroxylation is 1. The lowest BCUT2D eigenvalue weighted by Gasteiger charge is -2.27. The van der Waals surface area contributed by atoms with Crippen LogP contribution in [-0.2, 0) is 16.4 Å². The van der Waals surface area contributed by atoms with Crippen molar-refractivity contribution in [2.45, 2.75) is 62.3 Å². The average molecular weight is 349 g/mol. The molecule has 2 aromatic rings. The Morgan fingerprint density at radius 2 is 1.88 bits per heavy atom. The Balaban J connectivity index is 1.59. The zero-order chi connectivity index (χ0) is 17.0. The first kappa shape index (κ1) is 17.1. The van der Waals surface area contributed by atoms with Gasteiger partial charge in [-0.15, -0.1) is 0 Å². The molecule has 0 radical (unpaired) electrons. The molecule has 130 valence electrons. The molecule has 24 heavy (non-hydrogen) atoms. The van der Waals surface area contributed by atoms with E-state index in [0.29, 0.717) is 10.8 Å². The van der Waals surface area contributed by atoms with Crippen LogP contribution in [0.5, 0.6) is 0 Å². The predicted molar refractivity (Wildman–Crippen MR) is 90.1 cm³/mol. The summed E-state index contributed by atoms with van der Waals surface area (Å²) in [6, 6.07) is 7.13. The first-order valence-corrected chi connectivity index (χ1v) is 9.94. The van der Waals surface area contributed by atoms with Gasteiger partial charge in [-0.1, -0.05) is 30.6 Å². The molecule has 1 aliphatic carbocycles. The average Bonchev–Trinajstić information content (AvgIpc) is 3.10. The Hall–Kier alpha value is -1.73. The number of hydrogen-bond acceptors (Lipinski definition) is 5. The maximum absolute atomic E-state index is 12.5. The highest BCUT2D eigenvalue weighted by Gasteiger charge is 2.28. The second-order valence-corrected chi connectivity index (χ2v) is 8.06. The van der Waals surface area contributed by atoms with E-state index in [4.69, 9.17) is 4.52 Å². The van der Waals surface area contributed by atoms with Gasteiger partial charge in [0.1, 0.15) is 0 Å². The van der Waals surface area contributed by atoms with E-state index in [-0.39, 0.29) is 12.0 Å². The first-order valence-electron chi connectivity index (χ1n) is 8.46. The van der Waals surface area contributed by atoms with Crippen molar-refractivity contribution < 1.29 is 12.9 Å². The van der Waals surface area contributed by atoms with Crippen molar-refractivity contribution in [1.82, 2.24) is 14.9 Å². The van der Waals surface area contributed by atoms with E-state index in [0.717, 1.165) is 44.1 Å². The molecule has 0 aliphatic heterocycles. The van der Waals surface area contributed by atoms with E-state index in [9.17, 15) is 8.42 Å². The maximum atomic E-state index is 12.5. The zero-order valence-electron chi connectivity index (χ0n) is 13.8. The van der Waals surface area contributed by atoms with Crippen LogP contribution in [0.15, 0.2) is 40.0 Å². The second-order valence-electron chi connectivity index (χ2n) is 6.34. The molecule has 0 amide bonds. The Labute approximate surface area is 142 Å². The van der Waals surface area contributed by atoms with Gasteiger partial charge in [0, 0.05) is 12.0 Å². The van der Waals surface area contributed by atoms with Gasteiger partial charge in [0.15, 0.2) is 6.33 Å². The van der Waals surface area contributed by atoms with Crippen molar-refractivity contribution >= 4 is 10.0 Å². The van der Waals surface area contributed by atoms with Crippen molar-refractivity contribution in [2.24, 2.45) is 0 Å². The third-order valence-corrected chi connectivity index (χ3v) is 6.09. The SMILES string of the molecule is CCCc1ccc(S(=O)(=O)NC2CCC(c3ncno3)CC2)cc1. The molecule has 1 aliphatic rings. The number of benzene rings is 1. The third-order valence-electron chi connectivity index (χ3n) is 4.55. The topological polar surface area (TPSA) is 85.1 Å². The maximum Gasteiger partial charge on any atom is 0.240 e. The number of nitrogens with zero attached hydrogens (tertiary/aromatic N) is 2. The number of aromatic nitrogens is 2. The summed E-state index contributed by atoms with van der Waals surface area (Å²) in [5, 5.41) is 3.64. The fourth-order valence-corrected chi connectivity index (χ4v) is 4.54. The normalized spacial score (nSPS) is 21.7. The van der Waals surface area contributed by atoms with Gasteiger partial charge in [0.25, 0.3) is 0 Å². The summed E-state index contributed by atoms with van der Waals surface area (Å²) >= 11 is 0. The van der Waals surface area contributed by atoms with Crippen LogP contribution < -0.4 is 4.72 Å². The molecule has 6 nitrogen and oxygen atoms in total. The highest BCUT2D eigenvalue weighted by atomic mass is 32.2. The van der Waals surface area contributed by atoms with Gasteiger partial charge in [-0.25, -0.2) is 13.1 Å². The second kappa shape index (κ2) is 7.44. The molecule has 0 saturated heterocycles. The van der Waals surface area contributed by atoms with Crippen LogP contribution in [0.2, 0.25) is 0 Å². The zero-order valence-corrected chi connectivity index (χ0v) is 14.6. The van der Waals surface area contributed by atoms with Crippen LogP contribution in [0.1, 0.15) is 56.4 Å². The fraction of sp³-hybridized carbons (Fsp3) is 0.529. The molecule has 0 spiro atoms. The van der Waals surface area contributed by atoms with E-state index in [2.05, 4.69) is 21.8 Å². The molecule has 1 fully saturated rings. The highest BCUT2D eigenvalue weighted by molar-refractivity contribution is 7.89. The lowest BCUT2D eigenvalue weighted by atomic mass is 9.86. The predicted octanol–water partition coefficient (Wildman–Crippen LogP) is 3.03. The standard InChI is InChI=1S/C17H23N3O3S/c1-2-3-13-4-10-16(11-5-13)24(21,22)20-15-8-6-14(7-9-15)17-18-12-19-23-17/h4-5,10-12,14-15,20H,2-3,6-9H2,1H3. The van der Waals surface area contributed by atoms with Crippen LogP contribution in [0, 0.1) is 0 Å². The van der Waals surface area contributed by atoms with E-state index < -0.39 is 10.0 Å². The van der Waals surface area contributed by atoms with Gasteiger partial charge in [-0.05, 0) is 49.8 Å². The smallest absolute Gasteiger partial charge is 0.240 e. The monoisotopic (exact) mass is 349 g/mol. The summed E-state index contributed by atoms with van der Waals surface area (Å²) in [5.41, 5.74) is 1.16. The van der Waals surface area contributed by atoms with Crippen LogP contribution in [0.4, 0.5) is 0 Å². The molecule has 7 heteroatoms. The van der Waals surface area contributed by atoms with Gasteiger partial charge in [0.2, 0.25) is 15.9 Å². The minimum Gasteiger partial charge on any atom is -0.339 e. The fourth-order valence-electron chi connectivity index (χ4n) is 3.23. The van der Waals surface area contributed by atoms with Crippen LogP contribution >= 0.6 is 0 Å². The van der Waals surface area contributed by atoms with Crippen molar-refractivity contribution in [3.63, 3.8) is 0 Å². The molecule has 3 rings (SSSR count).